The molecular weight excluding hydrogens is 305 g/mol. The van der Waals surface area contributed by atoms with Crippen molar-refractivity contribution in [3.05, 3.63) is 29.8 Å². The lowest BCUT2D eigenvalue weighted by Gasteiger charge is -2.32. The van der Waals surface area contributed by atoms with Crippen LogP contribution in [0.25, 0.3) is 5.57 Å². The number of fused-ring (bicyclic) bond motifs is 1. The molecule has 1 aromatic carbocycles. The largest absolute Gasteiger partial charge is 0.462 e. The molecule has 7 heteroatoms. The Bertz CT molecular complexity index is 637. The van der Waals surface area contributed by atoms with Gasteiger partial charge in [0.15, 0.2) is 11.5 Å². The predicted octanol–water partition coefficient (Wildman–Crippen LogP) is 4.12. The van der Waals surface area contributed by atoms with Crippen LogP contribution in [0.1, 0.15) is 33.3 Å². The van der Waals surface area contributed by atoms with Gasteiger partial charge in [-0.3, -0.25) is 0 Å². The Hall–Kier alpha value is -1.60. The minimum absolute atomic E-state index is 0.0329. The molecule has 1 aromatic rings. The van der Waals surface area contributed by atoms with E-state index in [1.807, 2.05) is 27.7 Å². The van der Waals surface area contributed by atoms with Crippen molar-refractivity contribution in [2.24, 2.45) is 0 Å². The quantitative estimate of drug-likeness (QED) is 0.784. The van der Waals surface area contributed by atoms with Crippen molar-refractivity contribution in [2.45, 2.75) is 45.2 Å². The molecule has 1 saturated heterocycles. The lowest BCUT2D eigenvalue weighted by Crippen LogP contribution is -2.41. The monoisotopic (exact) mass is 324 g/mol. The molecule has 2 heterocycles. The van der Waals surface area contributed by atoms with E-state index in [-0.39, 0.29) is 18.7 Å². The zero-order chi connectivity index (χ0) is 16.8. The van der Waals surface area contributed by atoms with Gasteiger partial charge in [0.2, 0.25) is 6.79 Å². The molecule has 3 rings (SSSR count). The SMILES string of the molecule is CC1(C)OB(CC(=C(F)F)c2ccc3c(c2)OCO3)OC1(C)C. The fraction of sp³-hybridized carbons (Fsp3) is 0.500. The molecule has 0 aromatic heterocycles. The molecule has 23 heavy (non-hydrogen) atoms. The van der Waals surface area contributed by atoms with Crippen molar-refractivity contribution >= 4 is 12.7 Å². The van der Waals surface area contributed by atoms with Crippen LogP contribution in [0.4, 0.5) is 8.78 Å². The first kappa shape index (κ1) is 16.3. The Morgan fingerprint density at radius 1 is 1.04 bits per heavy atom. The summed E-state index contributed by atoms with van der Waals surface area (Å²) in [5.74, 6) is 1.03. The lowest BCUT2D eigenvalue weighted by atomic mass is 9.78. The number of hydrogen-bond donors (Lipinski definition) is 0. The average molecular weight is 324 g/mol. The molecule has 0 amide bonds. The van der Waals surface area contributed by atoms with Crippen LogP contribution in [-0.2, 0) is 9.31 Å². The molecule has 1 fully saturated rings. The van der Waals surface area contributed by atoms with Crippen molar-refractivity contribution in [1.82, 2.24) is 0 Å². The van der Waals surface area contributed by atoms with E-state index >= 15 is 0 Å². The number of rotatable bonds is 3. The second-order valence-corrected chi connectivity index (χ2v) is 6.70. The summed E-state index contributed by atoms with van der Waals surface area (Å²) < 4.78 is 49.0. The summed E-state index contributed by atoms with van der Waals surface area (Å²) in [5.41, 5.74) is -0.833. The fourth-order valence-corrected chi connectivity index (χ4v) is 2.60. The van der Waals surface area contributed by atoms with E-state index in [4.69, 9.17) is 18.8 Å². The molecule has 124 valence electrons. The highest BCUT2D eigenvalue weighted by Gasteiger charge is 2.51. The molecule has 0 aliphatic carbocycles. The summed E-state index contributed by atoms with van der Waals surface area (Å²) in [4.78, 5) is 0. The van der Waals surface area contributed by atoms with Crippen LogP contribution in [-0.4, -0.2) is 25.1 Å². The highest BCUT2D eigenvalue weighted by atomic mass is 19.3. The maximum atomic E-state index is 13.5. The molecule has 0 saturated carbocycles. The van der Waals surface area contributed by atoms with E-state index in [1.165, 1.54) is 0 Å². The van der Waals surface area contributed by atoms with Crippen LogP contribution < -0.4 is 9.47 Å². The summed E-state index contributed by atoms with van der Waals surface area (Å²) in [6.45, 7) is 7.67. The molecule has 2 aliphatic heterocycles. The predicted molar refractivity (Wildman–Crippen MR) is 82.6 cm³/mol. The van der Waals surface area contributed by atoms with Gasteiger partial charge in [0.25, 0.3) is 6.08 Å². The molecule has 4 nitrogen and oxygen atoms in total. The maximum Gasteiger partial charge on any atom is 0.462 e. The second-order valence-electron chi connectivity index (χ2n) is 6.70. The Morgan fingerprint density at radius 2 is 1.65 bits per heavy atom. The van der Waals surface area contributed by atoms with Crippen molar-refractivity contribution in [2.75, 3.05) is 6.79 Å². The van der Waals surface area contributed by atoms with Crippen LogP contribution in [0.5, 0.6) is 11.5 Å². The smallest absolute Gasteiger partial charge is 0.454 e. The van der Waals surface area contributed by atoms with Crippen LogP contribution in [0.15, 0.2) is 24.3 Å². The van der Waals surface area contributed by atoms with E-state index in [1.54, 1.807) is 18.2 Å². The number of halogens is 2. The minimum atomic E-state index is -1.75. The third kappa shape index (κ3) is 2.95. The Kier molecular flexibility index (Phi) is 3.88. The van der Waals surface area contributed by atoms with Crippen LogP contribution in [0, 0.1) is 0 Å². The highest BCUT2D eigenvalue weighted by molar-refractivity contribution is 6.48. The number of allylic oxidation sites excluding steroid dienone is 1. The van der Waals surface area contributed by atoms with Crippen molar-refractivity contribution in [3.8, 4) is 11.5 Å². The van der Waals surface area contributed by atoms with Gasteiger partial charge in [0.05, 0.1) is 11.2 Å². The van der Waals surface area contributed by atoms with Gasteiger partial charge >= 0.3 is 7.12 Å². The molecule has 0 bridgehead atoms. The summed E-state index contributed by atoms with van der Waals surface area (Å²) in [6, 6.07) is 4.78. The van der Waals surface area contributed by atoms with E-state index < -0.39 is 24.4 Å². The zero-order valence-electron chi connectivity index (χ0n) is 13.6. The van der Waals surface area contributed by atoms with Crippen LogP contribution >= 0.6 is 0 Å². The summed E-state index contributed by atoms with van der Waals surface area (Å²) >= 11 is 0. The van der Waals surface area contributed by atoms with Gasteiger partial charge in [-0.25, -0.2) is 0 Å². The van der Waals surface area contributed by atoms with Gasteiger partial charge in [-0.2, -0.15) is 8.78 Å². The van der Waals surface area contributed by atoms with Gasteiger partial charge in [-0.1, -0.05) is 6.07 Å². The first-order chi connectivity index (χ1) is 10.7. The Morgan fingerprint density at radius 3 is 2.26 bits per heavy atom. The average Bonchev–Trinajstić information content (AvgIpc) is 2.97. The van der Waals surface area contributed by atoms with Crippen LogP contribution in [0.2, 0.25) is 6.32 Å². The summed E-state index contributed by atoms with van der Waals surface area (Å²) in [7, 11) is -0.720. The maximum absolute atomic E-state index is 13.5. The van der Waals surface area contributed by atoms with E-state index in [9.17, 15) is 8.78 Å². The summed E-state index contributed by atoms with van der Waals surface area (Å²) in [5, 5.41) is 0. The van der Waals surface area contributed by atoms with Crippen molar-refractivity contribution in [3.63, 3.8) is 0 Å². The minimum Gasteiger partial charge on any atom is -0.454 e. The lowest BCUT2D eigenvalue weighted by molar-refractivity contribution is 0.00578. The van der Waals surface area contributed by atoms with E-state index in [2.05, 4.69) is 0 Å². The number of hydrogen-bond acceptors (Lipinski definition) is 4. The highest BCUT2D eigenvalue weighted by Crippen LogP contribution is 2.41. The zero-order valence-corrected chi connectivity index (χ0v) is 13.6. The van der Waals surface area contributed by atoms with Gasteiger partial charge in [-0.05, 0) is 45.4 Å². The van der Waals surface area contributed by atoms with Crippen molar-refractivity contribution < 1.29 is 27.6 Å². The molecule has 2 aliphatic rings. The molecule has 0 atom stereocenters. The Balaban J connectivity index is 1.83. The van der Waals surface area contributed by atoms with Gasteiger partial charge < -0.3 is 18.8 Å². The third-order valence-corrected chi connectivity index (χ3v) is 4.62. The molecule has 0 unspecified atom stereocenters. The normalized spacial score (nSPS) is 20.7. The first-order valence-corrected chi connectivity index (χ1v) is 7.49. The van der Waals surface area contributed by atoms with Gasteiger partial charge in [-0.15, -0.1) is 0 Å². The number of benzene rings is 1. The van der Waals surface area contributed by atoms with Crippen molar-refractivity contribution in [1.29, 1.82) is 0 Å². The van der Waals surface area contributed by atoms with Gasteiger partial charge in [0.1, 0.15) is 0 Å². The standard InChI is InChI=1S/C16H19BF2O4/c1-15(2)16(3,4)23-17(22-15)8-11(14(18)19)10-5-6-12-13(7-10)21-9-20-12/h5-7H,8-9H2,1-4H3. The number of ether oxygens (including phenoxy) is 2. The van der Waals surface area contributed by atoms with Gasteiger partial charge in [0, 0.05) is 11.9 Å². The second kappa shape index (κ2) is 5.49. The Labute approximate surface area is 134 Å². The molecular formula is C16H19BF2O4. The molecule has 0 radical (unpaired) electrons. The molecule has 0 N–H and O–H groups in total. The first-order valence-electron chi connectivity index (χ1n) is 7.49. The van der Waals surface area contributed by atoms with E-state index in [0.29, 0.717) is 17.1 Å². The fourth-order valence-electron chi connectivity index (χ4n) is 2.60. The molecule has 0 spiro atoms. The van der Waals surface area contributed by atoms with Crippen LogP contribution in [0.3, 0.4) is 0 Å². The summed E-state index contributed by atoms with van der Waals surface area (Å²) in [6.07, 6.45) is -1.78. The van der Waals surface area contributed by atoms with E-state index in [0.717, 1.165) is 0 Å². The topological polar surface area (TPSA) is 36.9 Å². The third-order valence-electron chi connectivity index (χ3n) is 4.62.